The quantitative estimate of drug-likeness (QED) is 0.102. The van der Waals surface area contributed by atoms with Gasteiger partial charge in [-0.1, -0.05) is 0 Å². The van der Waals surface area contributed by atoms with Crippen molar-refractivity contribution in [1.29, 1.82) is 10.5 Å². The molecule has 1 unspecified atom stereocenters. The van der Waals surface area contributed by atoms with E-state index in [0.29, 0.717) is 9.50 Å². The first kappa shape index (κ1) is 31.0. The van der Waals surface area contributed by atoms with Crippen molar-refractivity contribution in [2.24, 2.45) is 0 Å². The zero-order valence-electron chi connectivity index (χ0n) is 27.8. The average Bonchev–Trinajstić information content (AvgIpc) is 3.19. The number of aromatic nitrogens is 1. The van der Waals surface area contributed by atoms with Gasteiger partial charge in [-0.3, -0.25) is 0 Å². The Hall–Kier alpha value is -6.02. The van der Waals surface area contributed by atoms with Crippen LogP contribution in [0.5, 0.6) is 0 Å². The first-order chi connectivity index (χ1) is 25.1. The van der Waals surface area contributed by atoms with Crippen molar-refractivity contribution in [3.63, 3.8) is 0 Å². The number of anilines is 3. The van der Waals surface area contributed by atoms with Crippen LogP contribution in [0.25, 0.3) is 16.8 Å². The number of rotatable bonds is 3. The number of nitriles is 2. The Labute approximate surface area is 305 Å². The second-order valence-electron chi connectivity index (χ2n) is 12.9. The summed E-state index contributed by atoms with van der Waals surface area (Å²) in [5.74, 6) is 0. The van der Waals surface area contributed by atoms with Gasteiger partial charge < -0.3 is 0 Å². The van der Waals surface area contributed by atoms with Gasteiger partial charge in [0.25, 0.3) is 0 Å². The molecule has 3 aliphatic rings. The number of pyridine rings is 1. The summed E-state index contributed by atoms with van der Waals surface area (Å²) in [4.78, 5) is 9.65. The Morgan fingerprint density at radius 3 is 1.86 bits per heavy atom. The molecular weight excluding hydrogens is 735 g/mol. The van der Waals surface area contributed by atoms with Crippen LogP contribution in [0.1, 0.15) is 42.9 Å². The zero-order valence-corrected chi connectivity index (χ0v) is 30.0. The van der Waals surface area contributed by atoms with Crippen LogP contribution in [-0.2, 0) is 5.41 Å². The number of benzene rings is 5. The van der Waals surface area contributed by atoms with Gasteiger partial charge in [0, 0.05) is 0 Å². The number of allylic oxidation sites excluding steroid dienone is 4. The number of nitrogens with zero attached hydrogens (tertiary/aromatic N) is 4. The molecule has 0 bridgehead atoms. The molecule has 2 aliphatic heterocycles. The van der Waals surface area contributed by atoms with Gasteiger partial charge >= 0.3 is 284 Å². The Bertz CT molecular complexity index is 2430. The van der Waals surface area contributed by atoms with Crippen LogP contribution in [0, 0.1) is 22.7 Å². The molecule has 1 aromatic heterocycles. The van der Waals surface area contributed by atoms with E-state index < -0.39 is 25.2 Å². The fourth-order valence-electron chi connectivity index (χ4n) is 8.28. The van der Waals surface area contributed by atoms with Gasteiger partial charge in [0.05, 0.1) is 0 Å². The van der Waals surface area contributed by atoms with Gasteiger partial charge in [0.15, 0.2) is 0 Å². The van der Waals surface area contributed by atoms with E-state index in [1.165, 1.54) is 5.56 Å². The Morgan fingerprint density at radius 2 is 1.27 bits per heavy atom. The molecule has 51 heavy (non-hydrogen) atoms. The van der Waals surface area contributed by atoms with Crippen molar-refractivity contribution < 1.29 is 0 Å². The van der Waals surface area contributed by atoms with Gasteiger partial charge in [-0.05, 0) is 0 Å². The summed E-state index contributed by atoms with van der Waals surface area (Å²) in [7, 11) is 0. The van der Waals surface area contributed by atoms with E-state index in [0.717, 1.165) is 61.7 Å². The molecule has 3 heterocycles. The summed E-state index contributed by atoms with van der Waals surface area (Å²) in [6, 6.07) is 51.6. The first-order valence-corrected chi connectivity index (χ1v) is 21.5. The molecular formula is C46H31IN4. The average molecular weight is 767 g/mol. The van der Waals surface area contributed by atoms with Crippen molar-refractivity contribution in [3.05, 3.63) is 206 Å². The van der Waals surface area contributed by atoms with Gasteiger partial charge in [0.1, 0.15) is 12.1 Å². The van der Waals surface area contributed by atoms with Gasteiger partial charge in [-0.15, -0.1) is 0 Å². The molecule has 0 saturated heterocycles. The summed E-state index contributed by atoms with van der Waals surface area (Å²) >= 11 is -1.43. The van der Waals surface area contributed by atoms with Crippen molar-refractivity contribution in [2.75, 3.05) is 9.83 Å². The molecule has 4 nitrogen and oxygen atoms in total. The molecule has 0 radical (unpaired) electrons. The van der Waals surface area contributed by atoms with E-state index in [1.807, 2.05) is 24.4 Å². The third kappa shape index (κ3) is 4.66. The second kappa shape index (κ2) is 12.4. The van der Waals surface area contributed by atoms with Gasteiger partial charge in [-0.25, -0.2) is 0 Å². The molecule has 5 heteroatoms. The molecule has 0 N–H and O–H groups in total. The molecule has 1 spiro atoms. The summed E-state index contributed by atoms with van der Waals surface area (Å²) in [6.45, 7) is 0. The fraction of sp³-hybridized carbons (Fsp3) is 0.0652. The minimum absolute atomic E-state index is 0.118. The van der Waals surface area contributed by atoms with Crippen LogP contribution in [-0.4, -0.2) is 9.91 Å². The van der Waals surface area contributed by atoms with E-state index in [9.17, 15) is 10.5 Å². The molecule has 0 amide bonds. The van der Waals surface area contributed by atoms with Crippen molar-refractivity contribution in [2.45, 2.75) is 9.34 Å². The number of para-hydroxylation sites is 2. The summed E-state index contributed by atoms with van der Waals surface area (Å²) in [6.07, 6.45) is 8.63. The summed E-state index contributed by atoms with van der Waals surface area (Å²) < 4.78 is 2.81. The molecule has 9 rings (SSSR count). The van der Waals surface area contributed by atoms with Gasteiger partial charge in [-0.2, -0.15) is 10.5 Å². The number of fused-ring (bicyclic) bond motifs is 8. The number of hydrogen-bond donors (Lipinski definition) is 0. The van der Waals surface area contributed by atoms with Crippen molar-refractivity contribution in [1.82, 2.24) is 4.98 Å². The normalized spacial score (nSPS) is 16.7. The molecule has 5 aromatic carbocycles. The van der Waals surface area contributed by atoms with Crippen LogP contribution in [0.15, 0.2) is 168 Å². The first-order valence-electron chi connectivity index (χ1n) is 16.9. The van der Waals surface area contributed by atoms with Crippen LogP contribution < -0.4 is 4.90 Å². The zero-order chi connectivity index (χ0) is 34.5. The molecule has 0 saturated carbocycles. The van der Waals surface area contributed by atoms with E-state index >= 15 is 0 Å². The molecule has 242 valence electrons. The van der Waals surface area contributed by atoms with E-state index in [-0.39, 0.29) is 5.57 Å². The summed E-state index contributed by atoms with van der Waals surface area (Å²) in [5, 5.41) is 20.4. The summed E-state index contributed by atoms with van der Waals surface area (Å²) in [5.41, 5.74) is 12.9. The SMILES string of the molecule is CI1C=CC=CC1c1cc(-c2ccccn2)cc(N2c3ccccc3C3(c4ccccc4C(=C(C#N)C#N)c4ccccc43)c3ccccc32)c1. The van der Waals surface area contributed by atoms with Crippen LogP contribution in [0.4, 0.5) is 17.1 Å². The Balaban J connectivity index is 1.37. The monoisotopic (exact) mass is 766 g/mol. The van der Waals surface area contributed by atoms with E-state index in [2.05, 4.69) is 160 Å². The van der Waals surface area contributed by atoms with Crippen molar-refractivity contribution in [3.8, 4) is 23.4 Å². The number of halogens is 1. The Kier molecular flexibility index (Phi) is 7.53. The second-order valence-corrected chi connectivity index (χ2v) is 18.2. The third-order valence-corrected chi connectivity index (χ3v) is 15.1. The predicted molar refractivity (Wildman–Crippen MR) is 214 cm³/mol. The van der Waals surface area contributed by atoms with Gasteiger partial charge in [0.2, 0.25) is 0 Å². The molecule has 1 atom stereocenters. The standard InChI is InChI=1S/C46H31IN4/c1-47-24-12-10-20-41(47)31-26-32(42-21-11-13-25-50-42)28-34(27-31)51-43-22-8-6-18-39(43)46(40-19-7-9-23-44(40)51)37-16-4-2-14-35(37)45(33(29-48)30-49)36-15-3-5-17-38(36)46/h2-28,41H,1H3. The third-order valence-electron chi connectivity index (χ3n) is 10.3. The van der Waals surface area contributed by atoms with Crippen LogP contribution in [0.2, 0.25) is 0 Å². The van der Waals surface area contributed by atoms with Crippen molar-refractivity contribution >= 4 is 42.5 Å². The maximum atomic E-state index is 10.2. The van der Waals surface area contributed by atoms with Crippen LogP contribution >= 0.6 is 19.8 Å². The Morgan fingerprint density at radius 1 is 0.686 bits per heavy atom. The van der Waals surface area contributed by atoms with E-state index in [1.54, 1.807) is 0 Å². The number of hydrogen-bond acceptors (Lipinski definition) is 4. The minimum atomic E-state index is -1.43. The predicted octanol–water partition coefficient (Wildman–Crippen LogP) is 11.3. The fourth-order valence-corrected chi connectivity index (χ4v) is 12.0. The number of alkyl halides is 2. The van der Waals surface area contributed by atoms with Crippen LogP contribution in [0.3, 0.4) is 0 Å². The topological polar surface area (TPSA) is 63.7 Å². The molecule has 6 aromatic rings. The maximum absolute atomic E-state index is 10.2. The molecule has 0 fully saturated rings. The molecule has 1 aliphatic carbocycles. The van der Waals surface area contributed by atoms with E-state index in [4.69, 9.17) is 4.98 Å².